The fourth-order valence-electron chi connectivity index (χ4n) is 3.12. The van der Waals surface area contributed by atoms with Crippen LogP contribution in [0.4, 0.5) is 24.5 Å². The van der Waals surface area contributed by atoms with Gasteiger partial charge in [-0.05, 0) is 44.4 Å². The molecule has 0 bridgehead atoms. The summed E-state index contributed by atoms with van der Waals surface area (Å²) in [5.74, 6) is -0.183. The molecule has 1 aromatic rings. The highest BCUT2D eigenvalue weighted by molar-refractivity contribution is 6.07. The van der Waals surface area contributed by atoms with Crippen molar-refractivity contribution in [2.45, 2.75) is 37.9 Å². The second kappa shape index (κ2) is 4.14. The maximum absolute atomic E-state index is 12.7. The lowest BCUT2D eigenvalue weighted by molar-refractivity contribution is -0.137. The summed E-state index contributed by atoms with van der Waals surface area (Å²) in [6.45, 7) is 2.52. The van der Waals surface area contributed by atoms with Gasteiger partial charge < -0.3 is 10.2 Å². The number of rotatable bonds is 1. The highest BCUT2D eigenvalue weighted by atomic mass is 19.4. The van der Waals surface area contributed by atoms with E-state index in [0.717, 1.165) is 31.4 Å². The van der Waals surface area contributed by atoms with Crippen LogP contribution in [0.15, 0.2) is 18.2 Å². The lowest BCUT2D eigenvalue weighted by Gasteiger charge is -2.52. The average molecular weight is 284 g/mol. The number of anilines is 2. The first-order valence-electron chi connectivity index (χ1n) is 6.69. The van der Waals surface area contributed by atoms with E-state index in [4.69, 9.17) is 0 Å². The van der Waals surface area contributed by atoms with Gasteiger partial charge in [-0.1, -0.05) is 0 Å². The first kappa shape index (κ1) is 13.3. The summed E-state index contributed by atoms with van der Waals surface area (Å²) in [4.78, 5) is 14.2. The number of halogens is 3. The van der Waals surface area contributed by atoms with E-state index in [9.17, 15) is 18.0 Å². The zero-order valence-electron chi connectivity index (χ0n) is 11.0. The van der Waals surface area contributed by atoms with E-state index < -0.39 is 17.3 Å². The summed E-state index contributed by atoms with van der Waals surface area (Å²) in [6.07, 6.45) is -1.91. The largest absolute Gasteiger partial charge is 0.416 e. The second-order valence-corrected chi connectivity index (χ2v) is 5.31. The van der Waals surface area contributed by atoms with E-state index in [1.54, 1.807) is 0 Å². The lowest BCUT2D eigenvalue weighted by atomic mass is 9.73. The molecular formula is C14H15F3N2O. The molecule has 2 aliphatic rings. The van der Waals surface area contributed by atoms with Crippen molar-refractivity contribution in [3.05, 3.63) is 23.8 Å². The number of hydrogen-bond acceptors (Lipinski definition) is 2. The van der Waals surface area contributed by atoms with Gasteiger partial charge in [-0.15, -0.1) is 0 Å². The number of hydrogen-bond donors (Lipinski definition) is 1. The van der Waals surface area contributed by atoms with Gasteiger partial charge in [0.25, 0.3) is 0 Å². The molecule has 1 fully saturated rings. The Morgan fingerprint density at radius 2 is 2.05 bits per heavy atom. The van der Waals surface area contributed by atoms with Crippen LogP contribution in [0, 0.1) is 0 Å². The Bertz CT molecular complexity index is 564. The van der Waals surface area contributed by atoms with Crippen molar-refractivity contribution in [1.82, 2.24) is 0 Å². The van der Waals surface area contributed by atoms with Crippen LogP contribution in [-0.2, 0) is 11.0 Å². The minimum atomic E-state index is -4.40. The van der Waals surface area contributed by atoms with Gasteiger partial charge in [0, 0.05) is 6.54 Å². The molecule has 3 nitrogen and oxygen atoms in total. The zero-order chi connectivity index (χ0) is 14.5. The van der Waals surface area contributed by atoms with Gasteiger partial charge in [0.05, 0.1) is 16.9 Å². The van der Waals surface area contributed by atoms with E-state index in [0.29, 0.717) is 12.2 Å². The summed E-state index contributed by atoms with van der Waals surface area (Å²) < 4.78 is 38.2. The predicted octanol–water partition coefficient (Wildman–Crippen LogP) is 3.41. The number of nitrogens with one attached hydrogen (secondary N) is 1. The number of alkyl halides is 3. The molecule has 1 aliphatic carbocycles. The molecule has 20 heavy (non-hydrogen) atoms. The van der Waals surface area contributed by atoms with Crippen LogP contribution < -0.4 is 10.2 Å². The van der Waals surface area contributed by atoms with Crippen molar-refractivity contribution in [2.75, 3.05) is 16.8 Å². The molecule has 0 radical (unpaired) electrons. The molecule has 108 valence electrons. The summed E-state index contributed by atoms with van der Waals surface area (Å²) in [7, 11) is 0. The predicted molar refractivity (Wildman–Crippen MR) is 69.7 cm³/mol. The van der Waals surface area contributed by atoms with Crippen molar-refractivity contribution in [2.24, 2.45) is 0 Å². The van der Waals surface area contributed by atoms with Crippen LogP contribution in [0.1, 0.15) is 31.7 Å². The van der Waals surface area contributed by atoms with Gasteiger partial charge in [-0.25, -0.2) is 0 Å². The molecule has 1 N–H and O–H groups in total. The van der Waals surface area contributed by atoms with Gasteiger partial charge in [0.1, 0.15) is 5.54 Å². The molecule has 1 spiro atoms. The molecule has 1 aromatic carbocycles. The molecule has 1 saturated carbocycles. The third-order valence-electron chi connectivity index (χ3n) is 4.30. The molecule has 0 unspecified atom stereocenters. The molecule has 0 atom stereocenters. The second-order valence-electron chi connectivity index (χ2n) is 5.31. The Balaban J connectivity index is 2.07. The molecule has 6 heteroatoms. The maximum Gasteiger partial charge on any atom is 0.416 e. The summed E-state index contributed by atoms with van der Waals surface area (Å²) >= 11 is 0. The number of likely N-dealkylation sites (N-methyl/N-ethyl adjacent to an activating group) is 1. The van der Waals surface area contributed by atoms with E-state index in [1.807, 2.05) is 11.8 Å². The van der Waals surface area contributed by atoms with E-state index >= 15 is 0 Å². The number of carbonyl (C=O) groups excluding carboxylic acids is 1. The van der Waals surface area contributed by atoms with E-state index in [-0.39, 0.29) is 11.6 Å². The molecule has 1 heterocycles. The Labute approximate surface area is 114 Å². The standard InChI is InChI=1S/C14H15F3N2O/c1-2-19-11-5-4-9(14(15,16)17)8-10(11)18-12(20)13(19)6-3-7-13/h4-5,8H,2-3,6-7H2,1H3,(H,18,20). The molecular weight excluding hydrogens is 269 g/mol. The fourth-order valence-corrected chi connectivity index (χ4v) is 3.12. The Kier molecular flexibility index (Phi) is 2.74. The van der Waals surface area contributed by atoms with Gasteiger partial charge in [0.2, 0.25) is 5.91 Å². The van der Waals surface area contributed by atoms with Crippen LogP contribution in [-0.4, -0.2) is 18.0 Å². The van der Waals surface area contributed by atoms with Crippen molar-refractivity contribution in [3.63, 3.8) is 0 Å². The molecule has 3 rings (SSSR count). The van der Waals surface area contributed by atoms with Crippen LogP contribution >= 0.6 is 0 Å². The van der Waals surface area contributed by atoms with Crippen molar-refractivity contribution < 1.29 is 18.0 Å². The number of amides is 1. The van der Waals surface area contributed by atoms with E-state index in [1.165, 1.54) is 6.07 Å². The third-order valence-corrected chi connectivity index (χ3v) is 4.30. The Hall–Kier alpha value is -1.72. The summed E-state index contributed by atoms with van der Waals surface area (Å²) in [6, 6.07) is 3.55. The quantitative estimate of drug-likeness (QED) is 0.857. The number of carbonyl (C=O) groups is 1. The topological polar surface area (TPSA) is 32.3 Å². The van der Waals surface area contributed by atoms with Crippen molar-refractivity contribution in [3.8, 4) is 0 Å². The molecule has 0 aromatic heterocycles. The summed E-state index contributed by atoms with van der Waals surface area (Å²) in [5, 5.41) is 2.65. The van der Waals surface area contributed by atoms with E-state index in [2.05, 4.69) is 5.32 Å². The third kappa shape index (κ3) is 1.70. The van der Waals surface area contributed by atoms with Crippen LogP contribution in [0.25, 0.3) is 0 Å². The minimum absolute atomic E-state index is 0.183. The average Bonchev–Trinajstić information content (AvgIpc) is 2.32. The van der Waals surface area contributed by atoms with Gasteiger partial charge in [-0.2, -0.15) is 13.2 Å². The monoisotopic (exact) mass is 284 g/mol. The highest BCUT2D eigenvalue weighted by Gasteiger charge is 2.51. The normalized spacial score (nSPS) is 20.4. The maximum atomic E-state index is 12.7. The lowest BCUT2D eigenvalue weighted by Crippen LogP contribution is -2.63. The first-order chi connectivity index (χ1) is 9.38. The zero-order valence-corrected chi connectivity index (χ0v) is 11.0. The Morgan fingerprint density at radius 3 is 2.55 bits per heavy atom. The Morgan fingerprint density at radius 1 is 1.35 bits per heavy atom. The van der Waals surface area contributed by atoms with Crippen molar-refractivity contribution >= 4 is 17.3 Å². The number of benzene rings is 1. The van der Waals surface area contributed by atoms with Crippen LogP contribution in [0.2, 0.25) is 0 Å². The smallest absolute Gasteiger partial charge is 0.356 e. The molecule has 1 amide bonds. The SMILES string of the molecule is CCN1c2ccc(C(F)(F)F)cc2NC(=O)C12CCC2. The number of fused-ring (bicyclic) bond motifs is 1. The molecule has 1 aliphatic heterocycles. The van der Waals surface area contributed by atoms with Crippen LogP contribution in [0.3, 0.4) is 0 Å². The van der Waals surface area contributed by atoms with Gasteiger partial charge in [0.15, 0.2) is 0 Å². The number of nitrogens with zero attached hydrogens (tertiary/aromatic N) is 1. The first-order valence-corrected chi connectivity index (χ1v) is 6.69. The summed E-state index contributed by atoms with van der Waals surface area (Å²) in [5.41, 5.74) is -0.359. The van der Waals surface area contributed by atoms with Crippen LogP contribution in [0.5, 0.6) is 0 Å². The van der Waals surface area contributed by atoms with Gasteiger partial charge >= 0.3 is 6.18 Å². The van der Waals surface area contributed by atoms with Crippen molar-refractivity contribution in [1.29, 1.82) is 0 Å². The minimum Gasteiger partial charge on any atom is -0.356 e. The molecule has 0 saturated heterocycles. The van der Waals surface area contributed by atoms with Gasteiger partial charge in [-0.3, -0.25) is 4.79 Å². The fraction of sp³-hybridized carbons (Fsp3) is 0.500. The highest BCUT2D eigenvalue weighted by Crippen LogP contribution is 2.47.